The molecule has 1 aliphatic heterocycles. The summed E-state index contributed by atoms with van der Waals surface area (Å²) >= 11 is 0. The fourth-order valence-electron chi connectivity index (χ4n) is 4.59. The third-order valence-corrected chi connectivity index (χ3v) is 6.37. The minimum atomic E-state index is -0.0243. The Labute approximate surface area is 177 Å². The number of nitrogens with zero attached hydrogens (tertiary/aromatic N) is 4. The van der Waals surface area contributed by atoms with E-state index in [0.29, 0.717) is 31.3 Å². The van der Waals surface area contributed by atoms with Gasteiger partial charge in [0.15, 0.2) is 5.82 Å². The van der Waals surface area contributed by atoms with Crippen molar-refractivity contribution in [3.63, 3.8) is 0 Å². The molecule has 2 heterocycles. The maximum Gasteiger partial charge on any atom is 0.258 e. The average molecular weight is 411 g/mol. The van der Waals surface area contributed by atoms with Crippen LogP contribution < -0.4 is 0 Å². The summed E-state index contributed by atoms with van der Waals surface area (Å²) in [5, 5.41) is 3.99. The van der Waals surface area contributed by atoms with E-state index < -0.39 is 0 Å². The highest BCUT2D eigenvalue weighted by Crippen LogP contribution is 2.27. The predicted octanol–water partition coefficient (Wildman–Crippen LogP) is 3.23. The molecule has 1 saturated heterocycles. The van der Waals surface area contributed by atoms with Gasteiger partial charge in [-0.25, -0.2) is 0 Å². The smallest absolute Gasteiger partial charge is 0.258 e. The Morgan fingerprint density at radius 2 is 1.90 bits per heavy atom. The first-order valence-electron chi connectivity index (χ1n) is 11.0. The Morgan fingerprint density at radius 1 is 1.13 bits per heavy atom. The molecule has 7 heteroatoms. The molecule has 0 spiro atoms. The molecule has 1 atom stereocenters. The summed E-state index contributed by atoms with van der Waals surface area (Å²) in [5.41, 5.74) is 1.93. The summed E-state index contributed by atoms with van der Waals surface area (Å²) in [6.45, 7) is 5.73. The lowest BCUT2D eigenvalue weighted by Gasteiger charge is -2.41. The van der Waals surface area contributed by atoms with Gasteiger partial charge in [0.1, 0.15) is 0 Å². The van der Waals surface area contributed by atoms with Crippen molar-refractivity contribution in [2.45, 2.75) is 58.4 Å². The number of piperazine rings is 1. The second kappa shape index (κ2) is 8.98. The summed E-state index contributed by atoms with van der Waals surface area (Å²) in [6.07, 6.45) is 5.66. The molecule has 2 amide bonds. The molecule has 0 radical (unpaired) electrons. The molecule has 1 aromatic carbocycles. The number of carbonyl (C=O) groups is 2. The molecule has 30 heavy (non-hydrogen) atoms. The highest BCUT2D eigenvalue weighted by Gasteiger charge is 2.34. The molecule has 1 unspecified atom stereocenters. The summed E-state index contributed by atoms with van der Waals surface area (Å²) in [6, 6.07) is 7.83. The highest BCUT2D eigenvalue weighted by molar-refractivity contribution is 5.81. The van der Waals surface area contributed by atoms with Crippen LogP contribution in [0, 0.1) is 12.8 Å². The number of hydrogen-bond acceptors (Lipinski definition) is 5. The van der Waals surface area contributed by atoms with Gasteiger partial charge in [0.25, 0.3) is 5.89 Å². The van der Waals surface area contributed by atoms with Crippen molar-refractivity contribution in [3.05, 3.63) is 35.7 Å². The third kappa shape index (κ3) is 4.40. The number of rotatable bonds is 4. The second-order valence-corrected chi connectivity index (χ2v) is 8.56. The molecular weight excluding hydrogens is 380 g/mol. The van der Waals surface area contributed by atoms with Crippen LogP contribution in [0.5, 0.6) is 0 Å². The van der Waals surface area contributed by atoms with Crippen LogP contribution in [0.3, 0.4) is 0 Å². The van der Waals surface area contributed by atoms with Crippen LogP contribution in [0.4, 0.5) is 0 Å². The van der Waals surface area contributed by atoms with Crippen LogP contribution in [0.15, 0.2) is 28.8 Å². The van der Waals surface area contributed by atoms with Gasteiger partial charge in [-0.05, 0) is 38.3 Å². The molecule has 1 aromatic heterocycles. The van der Waals surface area contributed by atoms with Crippen LogP contribution >= 0.6 is 0 Å². The Hall–Kier alpha value is -2.70. The van der Waals surface area contributed by atoms with Crippen LogP contribution in [-0.4, -0.2) is 57.4 Å². The van der Waals surface area contributed by atoms with Crippen molar-refractivity contribution in [2.75, 3.05) is 19.6 Å². The molecule has 1 saturated carbocycles. The summed E-state index contributed by atoms with van der Waals surface area (Å²) in [5.74, 6) is 1.25. The Morgan fingerprint density at radius 3 is 2.63 bits per heavy atom. The van der Waals surface area contributed by atoms with Gasteiger partial charge in [-0.3, -0.25) is 9.59 Å². The fourth-order valence-corrected chi connectivity index (χ4v) is 4.59. The topological polar surface area (TPSA) is 79.5 Å². The van der Waals surface area contributed by atoms with Crippen LogP contribution in [0.2, 0.25) is 0 Å². The molecule has 160 valence electrons. The first kappa shape index (κ1) is 20.6. The summed E-state index contributed by atoms with van der Waals surface area (Å²) < 4.78 is 5.37. The van der Waals surface area contributed by atoms with Crippen molar-refractivity contribution in [3.8, 4) is 11.5 Å². The third-order valence-electron chi connectivity index (χ3n) is 6.37. The van der Waals surface area contributed by atoms with E-state index in [0.717, 1.165) is 36.8 Å². The zero-order chi connectivity index (χ0) is 21.1. The summed E-state index contributed by atoms with van der Waals surface area (Å²) in [7, 11) is 0. The van der Waals surface area contributed by atoms with E-state index in [1.807, 2.05) is 47.9 Å². The van der Waals surface area contributed by atoms with Gasteiger partial charge >= 0.3 is 0 Å². The molecule has 1 aliphatic carbocycles. The monoisotopic (exact) mass is 410 g/mol. The van der Waals surface area contributed by atoms with Gasteiger partial charge < -0.3 is 14.3 Å². The number of aryl methyl sites for hydroxylation is 1. The van der Waals surface area contributed by atoms with Crippen LogP contribution in [0.25, 0.3) is 11.5 Å². The molecule has 2 aromatic rings. The zero-order valence-corrected chi connectivity index (χ0v) is 17.8. The van der Waals surface area contributed by atoms with Crippen molar-refractivity contribution in [1.82, 2.24) is 19.9 Å². The number of benzene rings is 1. The Balaban J connectivity index is 1.34. The fraction of sp³-hybridized carbons (Fsp3) is 0.565. The minimum absolute atomic E-state index is 0.0243. The number of aromatic nitrogens is 2. The van der Waals surface area contributed by atoms with Gasteiger partial charge in [0.05, 0.1) is 6.42 Å². The lowest BCUT2D eigenvalue weighted by atomic mass is 9.88. The van der Waals surface area contributed by atoms with E-state index in [9.17, 15) is 9.59 Å². The Bertz CT molecular complexity index is 903. The van der Waals surface area contributed by atoms with E-state index in [4.69, 9.17) is 4.52 Å². The second-order valence-electron chi connectivity index (χ2n) is 8.56. The lowest BCUT2D eigenvalue weighted by molar-refractivity contribution is -0.145. The molecule has 7 nitrogen and oxygen atoms in total. The van der Waals surface area contributed by atoms with Crippen LogP contribution in [-0.2, 0) is 16.0 Å². The molecule has 2 fully saturated rings. The van der Waals surface area contributed by atoms with E-state index >= 15 is 0 Å². The molecule has 0 bridgehead atoms. The maximum atomic E-state index is 12.9. The number of hydrogen-bond donors (Lipinski definition) is 0. The highest BCUT2D eigenvalue weighted by atomic mass is 16.5. The zero-order valence-electron chi connectivity index (χ0n) is 17.8. The normalized spacial score (nSPS) is 20.4. The van der Waals surface area contributed by atoms with Crippen molar-refractivity contribution in [1.29, 1.82) is 0 Å². The van der Waals surface area contributed by atoms with E-state index in [1.165, 1.54) is 6.42 Å². The van der Waals surface area contributed by atoms with E-state index in [-0.39, 0.29) is 30.2 Å². The van der Waals surface area contributed by atoms with Gasteiger partial charge in [-0.1, -0.05) is 42.6 Å². The predicted molar refractivity (Wildman–Crippen MR) is 113 cm³/mol. The van der Waals surface area contributed by atoms with E-state index in [1.54, 1.807) is 0 Å². The number of carbonyl (C=O) groups excluding carboxylic acids is 2. The molecule has 2 aliphatic rings. The quantitative estimate of drug-likeness (QED) is 0.773. The van der Waals surface area contributed by atoms with Crippen LogP contribution in [0.1, 0.15) is 50.4 Å². The molecule has 4 rings (SSSR count). The van der Waals surface area contributed by atoms with Gasteiger partial charge in [-0.15, -0.1) is 0 Å². The SMILES string of the molecule is Cc1ccccc1-c1nc(CC(=O)N2CCN(C(=O)C3CCCCC3)C(C)C2)no1. The minimum Gasteiger partial charge on any atom is -0.338 e. The van der Waals surface area contributed by atoms with Crippen molar-refractivity contribution in [2.24, 2.45) is 5.92 Å². The van der Waals surface area contributed by atoms with Gasteiger partial charge in [0, 0.05) is 37.2 Å². The molecule has 0 N–H and O–H groups in total. The van der Waals surface area contributed by atoms with E-state index in [2.05, 4.69) is 10.1 Å². The maximum absolute atomic E-state index is 12.9. The van der Waals surface area contributed by atoms with Gasteiger partial charge in [-0.2, -0.15) is 4.98 Å². The average Bonchev–Trinajstić information content (AvgIpc) is 3.22. The lowest BCUT2D eigenvalue weighted by Crippen LogP contribution is -2.57. The largest absolute Gasteiger partial charge is 0.338 e. The van der Waals surface area contributed by atoms with Gasteiger partial charge in [0.2, 0.25) is 11.8 Å². The molecular formula is C23H30N4O3. The van der Waals surface area contributed by atoms with Crippen molar-refractivity contribution >= 4 is 11.8 Å². The standard InChI is InChI=1S/C23H30N4O3/c1-16-8-6-7-11-19(16)22-24-20(25-30-22)14-21(28)26-12-13-27(17(2)15-26)23(29)18-9-4-3-5-10-18/h6-8,11,17-18H,3-5,9-10,12-15H2,1-2H3. The first-order valence-corrected chi connectivity index (χ1v) is 11.0. The van der Waals surface area contributed by atoms with Crippen molar-refractivity contribution < 1.29 is 14.1 Å². The Kier molecular flexibility index (Phi) is 6.16. The first-order chi connectivity index (χ1) is 14.5. The number of amides is 2. The summed E-state index contributed by atoms with van der Waals surface area (Å²) in [4.78, 5) is 33.9.